The summed E-state index contributed by atoms with van der Waals surface area (Å²) in [5, 5.41) is 0. The van der Waals surface area contributed by atoms with Crippen molar-refractivity contribution in [2.75, 3.05) is 38.7 Å². The zero-order valence-corrected chi connectivity index (χ0v) is 12.0. The van der Waals surface area contributed by atoms with Gasteiger partial charge in [0, 0.05) is 19.1 Å². The smallest absolute Gasteiger partial charge is 0.225 e. The van der Waals surface area contributed by atoms with Crippen LogP contribution in [-0.4, -0.2) is 60.3 Å². The Labute approximate surface area is 118 Å². The molecule has 0 aliphatic carbocycles. The first-order valence-electron chi connectivity index (χ1n) is 7.11. The summed E-state index contributed by atoms with van der Waals surface area (Å²) in [5.74, 6) is 0.221. The molecule has 3 rings (SSSR count). The summed E-state index contributed by atoms with van der Waals surface area (Å²) in [6, 6.07) is 0.517. The highest BCUT2D eigenvalue weighted by molar-refractivity contribution is 5.30. The van der Waals surface area contributed by atoms with Crippen molar-refractivity contribution in [2.45, 2.75) is 30.9 Å². The van der Waals surface area contributed by atoms with Gasteiger partial charge in [-0.3, -0.25) is 0 Å². The monoisotopic (exact) mass is 280 g/mol. The lowest BCUT2D eigenvalue weighted by molar-refractivity contribution is -0.0157. The molecule has 2 aliphatic rings. The molecule has 2 saturated heterocycles. The molecule has 1 aromatic heterocycles. The molecule has 110 valence electrons. The quantitative estimate of drug-likeness (QED) is 0.817. The van der Waals surface area contributed by atoms with Crippen molar-refractivity contribution in [3.8, 4) is 0 Å². The molecule has 0 N–H and O–H groups in total. The van der Waals surface area contributed by atoms with E-state index in [4.69, 9.17) is 4.74 Å². The Morgan fingerprint density at radius 1 is 1.30 bits per heavy atom. The van der Waals surface area contributed by atoms with Crippen LogP contribution in [0, 0.1) is 5.82 Å². The van der Waals surface area contributed by atoms with Crippen LogP contribution >= 0.6 is 0 Å². The highest BCUT2D eigenvalue weighted by atomic mass is 19.1. The second-order valence-corrected chi connectivity index (χ2v) is 6.00. The second-order valence-electron chi connectivity index (χ2n) is 6.00. The van der Waals surface area contributed by atoms with Gasteiger partial charge >= 0.3 is 0 Å². The van der Waals surface area contributed by atoms with Crippen molar-refractivity contribution in [3.05, 3.63) is 18.2 Å². The van der Waals surface area contributed by atoms with Crippen LogP contribution in [0.3, 0.4) is 0 Å². The van der Waals surface area contributed by atoms with Crippen molar-refractivity contribution in [3.63, 3.8) is 0 Å². The van der Waals surface area contributed by atoms with Crippen LogP contribution in [0.15, 0.2) is 12.4 Å². The zero-order chi connectivity index (χ0) is 14.2. The van der Waals surface area contributed by atoms with Gasteiger partial charge in [-0.05, 0) is 33.4 Å². The number of likely N-dealkylation sites (N-methyl/N-ethyl adjacent to an activating group) is 1. The predicted molar refractivity (Wildman–Crippen MR) is 74.2 cm³/mol. The normalized spacial score (nSPS) is 25.6. The Balaban J connectivity index is 1.61. The van der Waals surface area contributed by atoms with Crippen molar-refractivity contribution < 1.29 is 9.13 Å². The summed E-state index contributed by atoms with van der Waals surface area (Å²) in [7, 11) is 4.21. The molecule has 20 heavy (non-hydrogen) atoms. The van der Waals surface area contributed by atoms with Crippen LogP contribution in [0.5, 0.6) is 0 Å². The fourth-order valence-electron chi connectivity index (χ4n) is 3.08. The summed E-state index contributed by atoms with van der Waals surface area (Å²) in [4.78, 5) is 12.5. The lowest BCUT2D eigenvalue weighted by atomic mass is 9.87. The lowest BCUT2D eigenvalue weighted by Crippen LogP contribution is -2.45. The van der Waals surface area contributed by atoms with Gasteiger partial charge in [0.25, 0.3) is 0 Å². The van der Waals surface area contributed by atoms with E-state index < -0.39 is 5.82 Å². The molecule has 2 fully saturated rings. The van der Waals surface area contributed by atoms with Crippen LogP contribution in [0.25, 0.3) is 0 Å². The SMILES string of the molecule is CN(C)[C@H]1COC2(CCN(c3ncc(F)cn3)CC2)C1. The Morgan fingerprint density at radius 3 is 2.50 bits per heavy atom. The Kier molecular flexibility index (Phi) is 3.60. The topological polar surface area (TPSA) is 41.5 Å². The van der Waals surface area contributed by atoms with Gasteiger partial charge in [0.15, 0.2) is 5.82 Å². The van der Waals surface area contributed by atoms with E-state index in [0.29, 0.717) is 12.0 Å². The van der Waals surface area contributed by atoms with Crippen molar-refractivity contribution in [2.24, 2.45) is 0 Å². The number of piperidine rings is 1. The molecule has 0 bridgehead atoms. The third-order valence-electron chi connectivity index (χ3n) is 4.48. The molecule has 6 heteroatoms. The summed E-state index contributed by atoms with van der Waals surface area (Å²) >= 11 is 0. The van der Waals surface area contributed by atoms with E-state index in [1.165, 1.54) is 12.4 Å². The minimum atomic E-state index is -0.393. The maximum absolute atomic E-state index is 12.8. The summed E-state index contributed by atoms with van der Waals surface area (Å²) in [5.41, 5.74) is 0.0193. The zero-order valence-electron chi connectivity index (χ0n) is 12.0. The minimum absolute atomic E-state index is 0.0193. The molecule has 2 aliphatic heterocycles. The van der Waals surface area contributed by atoms with Gasteiger partial charge in [0.05, 0.1) is 24.6 Å². The van der Waals surface area contributed by atoms with Gasteiger partial charge in [-0.15, -0.1) is 0 Å². The van der Waals surface area contributed by atoms with E-state index in [1.807, 2.05) is 0 Å². The number of rotatable bonds is 2. The Hall–Kier alpha value is -1.27. The molecule has 1 spiro atoms. The first kappa shape index (κ1) is 13.7. The molecular weight excluding hydrogens is 259 g/mol. The van der Waals surface area contributed by atoms with Crippen LogP contribution in [0.2, 0.25) is 0 Å². The van der Waals surface area contributed by atoms with E-state index in [9.17, 15) is 4.39 Å². The largest absolute Gasteiger partial charge is 0.373 e. The van der Waals surface area contributed by atoms with Crippen LogP contribution in [0.4, 0.5) is 10.3 Å². The number of halogens is 1. The third kappa shape index (κ3) is 2.62. The molecular formula is C14H21FN4O. The molecule has 0 unspecified atom stereocenters. The van der Waals surface area contributed by atoms with Crippen molar-refractivity contribution >= 4 is 5.95 Å². The average Bonchev–Trinajstić information content (AvgIpc) is 2.85. The van der Waals surface area contributed by atoms with E-state index in [1.54, 1.807) is 0 Å². The number of ether oxygens (including phenoxy) is 1. The van der Waals surface area contributed by atoms with Gasteiger partial charge in [-0.2, -0.15) is 0 Å². The first-order chi connectivity index (χ1) is 9.58. The van der Waals surface area contributed by atoms with Crippen molar-refractivity contribution in [1.29, 1.82) is 0 Å². The van der Waals surface area contributed by atoms with Crippen LogP contribution < -0.4 is 4.90 Å². The number of hydrogen-bond donors (Lipinski definition) is 0. The fourth-order valence-corrected chi connectivity index (χ4v) is 3.08. The number of anilines is 1. The second kappa shape index (κ2) is 5.26. The molecule has 0 aromatic carbocycles. The third-order valence-corrected chi connectivity index (χ3v) is 4.48. The van der Waals surface area contributed by atoms with Gasteiger partial charge in [0.2, 0.25) is 5.95 Å². The van der Waals surface area contributed by atoms with Gasteiger partial charge < -0.3 is 14.5 Å². The number of aromatic nitrogens is 2. The van der Waals surface area contributed by atoms with Crippen molar-refractivity contribution in [1.82, 2.24) is 14.9 Å². The highest BCUT2D eigenvalue weighted by Gasteiger charge is 2.43. The fraction of sp³-hybridized carbons (Fsp3) is 0.714. The molecule has 0 radical (unpaired) electrons. The maximum Gasteiger partial charge on any atom is 0.225 e. The van der Waals surface area contributed by atoms with E-state index in [-0.39, 0.29) is 5.60 Å². The predicted octanol–water partition coefficient (Wildman–Crippen LogP) is 1.31. The number of nitrogens with zero attached hydrogens (tertiary/aromatic N) is 4. The van der Waals surface area contributed by atoms with Gasteiger partial charge in [0.1, 0.15) is 0 Å². The number of hydrogen-bond acceptors (Lipinski definition) is 5. The summed E-state index contributed by atoms with van der Waals surface area (Å²) in [6.07, 6.45) is 5.51. The van der Waals surface area contributed by atoms with Crippen LogP contribution in [-0.2, 0) is 4.74 Å². The van der Waals surface area contributed by atoms with Gasteiger partial charge in [-0.1, -0.05) is 0 Å². The Morgan fingerprint density at radius 2 is 1.95 bits per heavy atom. The van der Waals surface area contributed by atoms with E-state index in [0.717, 1.165) is 39.0 Å². The lowest BCUT2D eigenvalue weighted by Gasteiger charge is -2.38. The van der Waals surface area contributed by atoms with Crippen LogP contribution in [0.1, 0.15) is 19.3 Å². The molecule has 3 heterocycles. The average molecular weight is 280 g/mol. The molecule has 0 amide bonds. The molecule has 0 saturated carbocycles. The first-order valence-corrected chi connectivity index (χ1v) is 7.11. The molecule has 1 atom stereocenters. The van der Waals surface area contributed by atoms with Gasteiger partial charge in [-0.25, -0.2) is 14.4 Å². The maximum atomic E-state index is 12.8. The summed E-state index contributed by atoms with van der Waals surface area (Å²) in [6.45, 7) is 2.55. The van der Waals surface area contributed by atoms with E-state index in [2.05, 4.69) is 33.9 Å². The standard InChI is InChI=1S/C14H21FN4O/c1-18(2)12-7-14(20-10-12)3-5-19(6-4-14)13-16-8-11(15)9-17-13/h8-9,12H,3-7,10H2,1-2H3/t12-/m1/s1. The Bertz CT molecular complexity index is 457. The highest BCUT2D eigenvalue weighted by Crippen LogP contribution is 2.37. The molecule has 5 nitrogen and oxygen atoms in total. The minimum Gasteiger partial charge on any atom is -0.373 e. The van der Waals surface area contributed by atoms with E-state index >= 15 is 0 Å². The molecule has 1 aromatic rings. The summed E-state index contributed by atoms with van der Waals surface area (Å²) < 4.78 is 18.9.